The van der Waals surface area contributed by atoms with E-state index in [1.807, 2.05) is 37.3 Å². The second-order valence-corrected chi connectivity index (χ2v) is 7.55. The normalized spacial score (nSPS) is 14.7. The van der Waals surface area contributed by atoms with Crippen molar-refractivity contribution in [2.24, 2.45) is 0 Å². The van der Waals surface area contributed by atoms with Crippen molar-refractivity contribution < 1.29 is 9.59 Å². The van der Waals surface area contributed by atoms with E-state index < -0.39 is 0 Å². The monoisotopic (exact) mass is 406 g/mol. The number of piperazine rings is 1. The van der Waals surface area contributed by atoms with Crippen LogP contribution in [0.3, 0.4) is 0 Å². The highest BCUT2D eigenvalue weighted by molar-refractivity contribution is 6.02. The van der Waals surface area contributed by atoms with Crippen molar-refractivity contribution in [2.45, 2.75) is 20.8 Å². The van der Waals surface area contributed by atoms with E-state index in [1.165, 1.54) is 18.7 Å². The molecule has 6 heteroatoms. The van der Waals surface area contributed by atoms with Gasteiger partial charge in [0.05, 0.1) is 0 Å². The number of carbonyl (C=O) groups is 2. The van der Waals surface area contributed by atoms with Crippen LogP contribution in [-0.4, -0.2) is 49.4 Å². The first kappa shape index (κ1) is 21.6. The van der Waals surface area contributed by atoms with Gasteiger partial charge in [0.15, 0.2) is 0 Å². The lowest BCUT2D eigenvalue weighted by atomic mass is 10.1. The largest absolute Gasteiger partial charge is 0.369 e. The van der Waals surface area contributed by atoms with Crippen LogP contribution in [0, 0.1) is 6.92 Å². The second-order valence-electron chi connectivity index (χ2n) is 7.55. The summed E-state index contributed by atoms with van der Waals surface area (Å²) >= 11 is 0. The maximum atomic E-state index is 12.3. The number of benzene rings is 2. The SMILES string of the molecule is CCN1CCN(c2ccc(NC(=O)C=Cc3ccc(NC(C)=O)cc3)c(C)c2)CC1. The minimum atomic E-state index is -0.173. The van der Waals surface area contributed by atoms with Crippen LogP contribution in [0.2, 0.25) is 0 Å². The Morgan fingerprint density at radius 3 is 2.30 bits per heavy atom. The Hall–Kier alpha value is -3.12. The Kier molecular flexibility index (Phi) is 7.25. The fourth-order valence-electron chi connectivity index (χ4n) is 3.53. The lowest BCUT2D eigenvalue weighted by Gasteiger charge is -2.35. The first-order valence-corrected chi connectivity index (χ1v) is 10.4. The van der Waals surface area contributed by atoms with E-state index in [2.05, 4.69) is 39.5 Å². The van der Waals surface area contributed by atoms with Crippen LogP contribution in [-0.2, 0) is 9.59 Å². The highest BCUT2D eigenvalue weighted by atomic mass is 16.2. The summed E-state index contributed by atoms with van der Waals surface area (Å²) in [4.78, 5) is 28.3. The zero-order chi connectivity index (χ0) is 21.5. The van der Waals surface area contributed by atoms with Crippen LogP contribution in [0.1, 0.15) is 25.0 Å². The first-order valence-electron chi connectivity index (χ1n) is 10.4. The average molecular weight is 407 g/mol. The van der Waals surface area contributed by atoms with Gasteiger partial charge in [-0.15, -0.1) is 0 Å². The minimum absolute atomic E-state index is 0.109. The molecule has 0 aliphatic carbocycles. The fraction of sp³-hybridized carbons (Fsp3) is 0.333. The van der Waals surface area contributed by atoms with Crippen LogP contribution in [0.4, 0.5) is 17.1 Å². The van der Waals surface area contributed by atoms with Gasteiger partial charge >= 0.3 is 0 Å². The summed E-state index contributed by atoms with van der Waals surface area (Å²) in [5.41, 5.74) is 4.69. The molecule has 0 aromatic heterocycles. The molecule has 1 saturated heterocycles. The first-order chi connectivity index (χ1) is 14.4. The van der Waals surface area contributed by atoms with Gasteiger partial charge in [0.2, 0.25) is 11.8 Å². The van der Waals surface area contributed by atoms with Crippen LogP contribution in [0.15, 0.2) is 48.5 Å². The summed E-state index contributed by atoms with van der Waals surface area (Å²) in [5, 5.41) is 5.68. The molecule has 1 aliphatic rings. The number of aryl methyl sites for hydroxylation is 1. The summed E-state index contributed by atoms with van der Waals surface area (Å²) in [6.45, 7) is 11.0. The molecular weight excluding hydrogens is 376 g/mol. The van der Waals surface area contributed by atoms with Crippen molar-refractivity contribution >= 4 is 35.0 Å². The van der Waals surface area contributed by atoms with Gasteiger partial charge in [0, 0.05) is 56.2 Å². The van der Waals surface area contributed by atoms with Gasteiger partial charge in [-0.2, -0.15) is 0 Å². The maximum Gasteiger partial charge on any atom is 0.248 e. The highest BCUT2D eigenvalue weighted by Gasteiger charge is 2.16. The molecule has 1 heterocycles. The van der Waals surface area contributed by atoms with Gasteiger partial charge in [-0.05, 0) is 61.0 Å². The number of nitrogens with zero attached hydrogens (tertiary/aromatic N) is 2. The molecular formula is C24H30N4O2. The topological polar surface area (TPSA) is 64.7 Å². The van der Waals surface area contributed by atoms with Crippen molar-refractivity contribution in [3.8, 4) is 0 Å². The molecule has 3 rings (SSSR count). The smallest absolute Gasteiger partial charge is 0.248 e. The fourth-order valence-corrected chi connectivity index (χ4v) is 3.53. The van der Waals surface area contributed by atoms with Crippen molar-refractivity contribution in [1.29, 1.82) is 0 Å². The summed E-state index contributed by atoms with van der Waals surface area (Å²) in [7, 11) is 0. The van der Waals surface area contributed by atoms with Crippen molar-refractivity contribution in [3.05, 3.63) is 59.7 Å². The second kappa shape index (κ2) is 10.1. The molecule has 158 valence electrons. The van der Waals surface area contributed by atoms with Crippen LogP contribution in [0.5, 0.6) is 0 Å². The summed E-state index contributed by atoms with van der Waals surface area (Å²) in [5.74, 6) is -0.282. The molecule has 0 unspecified atom stereocenters. The van der Waals surface area contributed by atoms with Crippen molar-refractivity contribution in [3.63, 3.8) is 0 Å². The van der Waals surface area contributed by atoms with E-state index >= 15 is 0 Å². The zero-order valence-electron chi connectivity index (χ0n) is 17.9. The van der Waals surface area contributed by atoms with E-state index in [0.717, 1.165) is 55.2 Å². The molecule has 0 saturated carbocycles. The molecule has 1 fully saturated rings. The van der Waals surface area contributed by atoms with Gasteiger partial charge in [-0.25, -0.2) is 0 Å². The van der Waals surface area contributed by atoms with E-state index in [0.29, 0.717) is 0 Å². The number of anilines is 3. The lowest BCUT2D eigenvalue weighted by Crippen LogP contribution is -2.46. The molecule has 1 aliphatic heterocycles. The maximum absolute atomic E-state index is 12.3. The standard InChI is InChI=1S/C24H30N4O2/c1-4-27-13-15-28(16-14-27)22-10-11-23(18(2)17-22)26-24(30)12-7-20-5-8-21(9-6-20)25-19(3)29/h5-12,17H,4,13-16H2,1-3H3,(H,25,29)(H,26,30). The molecule has 6 nitrogen and oxygen atoms in total. The van der Waals surface area contributed by atoms with E-state index in [-0.39, 0.29) is 11.8 Å². The number of hydrogen-bond acceptors (Lipinski definition) is 4. The van der Waals surface area contributed by atoms with Gasteiger partial charge in [-0.3, -0.25) is 9.59 Å². The third-order valence-corrected chi connectivity index (χ3v) is 5.31. The van der Waals surface area contributed by atoms with Crippen LogP contribution in [0.25, 0.3) is 6.08 Å². The Bertz CT molecular complexity index is 913. The predicted molar refractivity (Wildman–Crippen MR) is 124 cm³/mol. The Morgan fingerprint density at radius 1 is 1.00 bits per heavy atom. The Labute approximate surface area is 178 Å². The molecule has 0 spiro atoms. The molecule has 30 heavy (non-hydrogen) atoms. The lowest BCUT2D eigenvalue weighted by molar-refractivity contribution is -0.114. The Balaban J connectivity index is 1.57. The van der Waals surface area contributed by atoms with Gasteiger partial charge in [0.25, 0.3) is 0 Å². The molecule has 0 atom stereocenters. The van der Waals surface area contributed by atoms with Crippen LogP contribution >= 0.6 is 0 Å². The quantitative estimate of drug-likeness (QED) is 0.717. The van der Waals surface area contributed by atoms with Crippen molar-refractivity contribution in [2.75, 3.05) is 48.3 Å². The van der Waals surface area contributed by atoms with Crippen molar-refractivity contribution in [1.82, 2.24) is 4.90 Å². The Morgan fingerprint density at radius 2 is 1.70 bits per heavy atom. The third-order valence-electron chi connectivity index (χ3n) is 5.31. The van der Waals surface area contributed by atoms with E-state index in [1.54, 1.807) is 6.08 Å². The van der Waals surface area contributed by atoms with Crippen LogP contribution < -0.4 is 15.5 Å². The molecule has 2 amide bonds. The average Bonchev–Trinajstić information content (AvgIpc) is 2.74. The number of hydrogen-bond donors (Lipinski definition) is 2. The number of amides is 2. The number of nitrogens with one attached hydrogen (secondary N) is 2. The third kappa shape index (κ3) is 5.94. The van der Waals surface area contributed by atoms with E-state index in [9.17, 15) is 9.59 Å². The molecule has 0 bridgehead atoms. The summed E-state index contributed by atoms with van der Waals surface area (Å²) < 4.78 is 0. The number of rotatable bonds is 6. The highest BCUT2D eigenvalue weighted by Crippen LogP contribution is 2.24. The zero-order valence-corrected chi connectivity index (χ0v) is 17.9. The van der Waals surface area contributed by atoms with Gasteiger partial charge in [0.1, 0.15) is 0 Å². The summed E-state index contributed by atoms with van der Waals surface area (Å²) in [6.07, 6.45) is 3.27. The van der Waals surface area contributed by atoms with Gasteiger partial charge in [-0.1, -0.05) is 19.1 Å². The molecule has 2 N–H and O–H groups in total. The van der Waals surface area contributed by atoms with E-state index in [4.69, 9.17) is 0 Å². The molecule has 0 radical (unpaired) electrons. The summed E-state index contributed by atoms with van der Waals surface area (Å²) in [6, 6.07) is 13.5. The predicted octanol–water partition coefficient (Wildman–Crippen LogP) is 3.75. The number of likely N-dealkylation sites (N-methyl/N-ethyl adjacent to an activating group) is 1. The molecule has 2 aromatic rings. The van der Waals surface area contributed by atoms with Gasteiger partial charge < -0.3 is 20.4 Å². The molecule has 2 aromatic carbocycles. The number of carbonyl (C=O) groups excluding carboxylic acids is 2. The minimum Gasteiger partial charge on any atom is -0.369 e.